The summed E-state index contributed by atoms with van der Waals surface area (Å²) in [5.74, 6) is 0. The third kappa shape index (κ3) is 3.59. The van der Waals surface area contributed by atoms with Crippen molar-refractivity contribution in [3.8, 4) is 6.07 Å². The van der Waals surface area contributed by atoms with Gasteiger partial charge in [-0.15, -0.1) is 0 Å². The molecule has 2 nitrogen and oxygen atoms in total. The molecule has 0 fully saturated rings. The van der Waals surface area contributed by atoms with Crippen LogP contribution < -0.4 is 0 Å². The summed E-state index contributed by atoms with van der Waals surface area (Å²) in [4.78, 5) is 0. The molecule has 0 bridgehead atoms. The molecule has 0 aliphatic heterocycles. The van der Waals surface area contributed by atoms with Crippen LogP contribution >= 0.6 is 8.46 Å². The van der Waals surface area contributed by atoms with Crippen molar-refractivity contribution in [2.75, 3.05) is 6.16 Å². The van der Waals surface area contributed by atoms with Gasteiger partial charge in [0.25, 0.3) is 0 Å². The van der Waals surface area contributed by atoms with Gasteiger partial charge in [0.05, 0.1) is 14.5 Å². The van der Waals surface area contributed by atoms with Crippen molar-refractivity contribution in [2.24, 2.45) is 0 Å². The van der Waals surface area contributed by atoms with E-state index in [0.717, 1.165) is 0 Å². The largest absolute Gasteiger partial charge is 0.290 e. The molecule has 3 heteroatoms. The number of hydrogen-bond acceptors (Lipinski definition) is 2. The molecule has 1 radical (unpaired) electrons. The van der Waals surface area contributed by atoms with Gasteiger partial charge in [-0.3, -0.25) is 4.57 Å². The minimum absolute atomic E-state index is 0.308. The predicted molar refractivity (Wildman–Crippen MR) is 24.1 cm³/mol. The van der Waals surface area contributed by atoms with Crippen LogP contribution in [0.25, 0.3) is 0 Å². The highest BCUT2D eigenvalue weighted by molar-refractivity contribution is 7.23. The quantitative estimate of drug-likeness (QED) is 0.384. The van der Waals surface area contributed by atoms with Gasteiger partial charge in [0.2, 0.25) is 0 Å². The lowest BCUT2D eigenvalue weighted by Crippen LogP contribution is -1.62. The zero-order valence-corrected chi connectivity index (χ0v) is 4.27. The van der Waals surface area contributed by atoms with E-state index in [1.807, 2.05) is 6.07 Å². The van der Waals surface area contributed by atoms with Crippen molar-refractivity contribution in [1.29, 1.82) is 5.26 Å². The summed E-state index contributed by atoms with van der Waals surface area (Å²) in [7, 11) is -0.308. The molecule has 0 N–H and O–H groups in total. The minimum atomic E-state index is -0.308. The van der Waals surface area contributed by atoms with E-state index < -0.39 is 0 Å². The van der Waals surface area contributed by atoms with Gasteiger partial charge in [-0.2, -0.15) is 5.26 Å². The fourth-order valence-corrected chi connectivity index (χ4v) is 0.321. The average molecular weight is 102 g/mol. The molecule has 0 aliphatic rings. The maximum Gasteiger partial charge on any atom is 0.0629 e. The van der Waals surface area contributed by atoms with E-state index in [1.54, 1.807) is 0 Å². The van der Waals surface area contributed by atoms with Gasteiger partial charge in [0, 0.05) is 12.6 Å². The number of nitriles is 1. The molecule has 0 heterocycles. The van der Waals surface area contributed by atoms with Gasteiger partial charge in [0.1, 0.15) is 0 Å². The molecule has 0 saturated carbocycles. The Hall–Kier alpha value is -0.410. The van der Waals surface area contributed by atoms with Gasteiger partial charge in [-0.25, -0.2) is 0 Å². The first-order chi connectivity index (χ1) is 2.91. The SMILES string of the molecule is N#CCC[PH]=O. The number of hydrogen-bond donors (Lipinski definition) is 0. The molecule has 0 aromatic rings. The first kappa shape index (κ1) is 5.59. The van der Waals surface area contributed by atoms with Crippen molar-refractivity contribution in [3.05, 3.63) is 0 Å². The van der Waals surface area contributed by atoms with E-state index in [4.69, 9.17) is 5.26 Å². The molecule has 0 aromatic carbocycles. The van der Waals surface area contributed by atoms with E-state index in [2.05, 4.69) is 0 Å². The second-order valence-electron chi connectivity index (χ2n) is 0.802. The van der Waals surface area contributed by atoms with Gasteiger partial charge in [0.15, 0.2) is 0 Å². The Bertz CT molecular complexity index is 75.4. The van der Waals surface area contributed by atoms with Crippen LogP contribution in [0, 0.1) is 11.3 Å². The maximum atomic E-state index is 9.57. The lowest BCUT2D eigenvalue weighted by atomic mass is 10.6. The predicted octanol–water partition coefficient (Wildman–Crippen LogP) is 0.924. The van der Waals surface area contributed by atoms with Crippen LogP contribution in [0.4, 0.5) is 0 Å². The van der Waals surface area contributed by atoms with E-state index >= 15 is 0 Å². The number of nitrogens with zero attached hydrogens (tertiary/aromatic N) is 1. The molecule has 33 valence electrons. The Morgan fingerprint density at radius 3 is 2.67 bits per heavy atom. The summed E-state index contributed by atoms with van der Waals surface area (Å²) in [6, 6.07) is 1.88. The second-order valence-corrected chi connectivity index (χ2v) is 1.59. The molecule has 0 aromatic heterocycles. The molecule has 0 amide bonds. The summed E-state index contributed by atoms with van der Waals surface area (Å²) < 4.78 is 9.57. The normalized spacial score (nSPS) is 7.83. The molecule has 0 aliphatic carbocycles. The maximum absolute atomic E-state index is 9.57. The van der Waals surface area contributed by atoms with Crippen LogP contribution in [0.2, 0.25) is 0 Å². The fourth-order valence-electron chi connectivity index (χ4n) is 0.107. The van der Waals surface area contributed by atoms with E-state index in [9.17, 15) is 4.57 Å². The van der Waals surface area contributed by atoms with Gasteiger partial charge in [-0.1, -0.05) is 0 Å². The second kappa shape index (κ2) is 4.59. The van der Waals surface area contributed by atoms with Crippen LogP contribution in [0.15, 0.2) is 0 Å². The first-order valence-electron chi connectivity index (χ1n) is 1.63. The van der Waals surface area contributed by atoms with Crippen LogP contribution in [0.3, 0.4) is 0 Å². The van der Waals surface area contributed by atoms with E-state index in [1.165, 1.54) is 0 Å². The van der Waals surface area contributed by atoms with Crippen LogP contribution in [-0.4, -0.2) is 6.16 Å². The van der Waals surface area contributed by atoms with E-state index in [-0.39, 0.29) is 8.46 Å². The molecule has 6 heavy (non-hydrogen) atoms. The molecule has 0 spiro atoms. The minimum Gasteiger partial charge on any atom is -0.290 e. The molecule has 0 rings (SSSR count). The van der Waals surface area contributed by atoms with Gasteiger partial charge >= 0.3 is 0 Å². The lowest BCUT2D eigenvalue weighted by molar-refractivity contribution is 0.598. The standard InChI is InChI=1S/C3H5NOP/c4-2-1-3-6-5/h6H,1,3H2. The monoisotopic (exact) mass is 102 g/mol. The van der Waals surface area contributed by atoms with Crippen molar-refractivity contribution < 1.29 is 4.57 Å². The van der Waals surface area contributed by atoms with Crippen molar-refractivity contribution in [3.63, 3.8) is 0 Å². The topological polar surface area (TPSA) is 40.9 Å². The summed E-state index contributed by atoms with van der Waals surface area (Å²) in [5, 5.41) is 7.81. The molecular formula is C3H5NOP. The third-order valence-corrected chi connectivity index (χ3v) is 0.793. The van der Waals surface area contributed by atoms with Crippen LogP contribution in [0.5, 0.6) is 0 Å². The van der Waals surface area contributed by atoms with Crippen molar-refractivity contribution in [2.45, 2.75) is 6.42 Å². The Labute approximate surface area is 38.0 Å². The molecule has 0 saturated heterocycles. The summed E-state index contributed by atoms with van der Waals surface area (Å²) >= 11 is 0. The highest BCUT2D eigenvalue weighted by Crippen LogP contribution is 1.91. The van der Waals surface area contributed by atoms with Gasteiger partial charge in [-0.05, 0) is 0 Å². The molecular weight excluding hydrogens is 97.0 g/mol. The zero-order valence-electron chi connectivity index (χ0n) is 3.27. The zero-order chi connectivity index (χ0) is 4.83. The Morgan fingerprint density at radius 1 is 1.83 bits per heavy atom. The summed E-state index contributed by atoms with van der Waals surface area (Å²) in [6.07, 6.45) is 0.943. The third-order valence-electron chi connectivity index (χ3n) is 0.339. The molecule has 1 unspecified atom stereocenters. The van der Waals surface area contributed by atoms with Gasteiger partial charge < -0.3 is 0 Å². The van der Waals surface area contributed by atoms with Crippen LogP contribution in [-0.2, 0) is 4.57 Å². The summed E-state index contributed by atoms with van der Waals surface area (Å²) in [5.41, 5.74) is 0. The highest BCUT2D eigenvalue weighted by Gasteiger charge is 1.73. The fraction of sp³-hybridized carbons (Fsp3) is 0.667. The first-order valence-corrected chi connectivity index (χ1v) is 2.75. The Morgan fingerprint density at radius 2 is 2.50 bits per heavy atom. The average Bonchev–Trinajstić information content (AvgIpc) is 1.61. The lowest BCUT2D eigenvalue weighted by Gasteiger charge is -1.66. The Balaban J connectivity index is 2.72. The van der Waals surface area contributed by atoms with E-state index in [0.29, 0.717) is 12.6 Å². The van der Waals surface area contributed by atoms with Crippen molar-refractivity contribution in [1.82, 2.24) is 0 Å². The highest BCUT2D eigenvalue weighted by atomic mass is 31.1. The Kier molecular flexibility index (Phi) is 4.28. The molecule has 1 atom stereocenters. The number of rotatable bonds is 2. The van der Waals surface area contributed by atoms with Crippen LogP contribution in [0.1, 0.15) is 6.42 Å². The smallest absolute Gasteiger partial charge is 0.0629 e. The summed E-state index contributed by atoms with van der Waals surface area (Å²) in [6.45, 7) is 0. The van der Waals surface area contributed by atoms with Crippen molar-refractivity contribution >= 4 is 8.46 Å².